The van der Waals surface area contributed by atoms with Crippen LogP contribution in [0.3, 0.4) is 0 Å². The minimum absolute atomic E-state index is 0.252. The summed E-state index contributed by atoms with van der Waals surface area (Å²) in [5.41, 5.74) is 1.37. The fourth-order valence-corrected chi connectivity index (χ4v) is 3.95. The van der Waals surface area contributed by atoms with Crippen LogP contribution in [0.1, 0.15) is 25.3 Å². The third kappa shape index (κ3) is 4.56. The van der Waals surface area contributed by atoms with Gasteiger partial charge in [-0.2, -0.15) is 0 Å². The quantitative estimate of drug-likeness (QED) is 0.544. The Bertz CT molecular complexity index is 334. The number of hydrogen-bond donors (Lipinski definition) is 0. The van der Waals surface area contributed by atoms with Gasteiger partial charge in [-0.25, -0.2) is 0 Å². The van der Waals surface area contributed by atoms with Crippen LogP contribution >= 0.6 is 0 Å². The number of rotatable bonds is 7. The molecule has 2 nitrogen and oxygen atoms in total. The molecule has 18 heavy (non-hydrogen) atoms. The summed E-state index contributed by atoms with van der Waals surface area (Å²) in [6, 6.07) is 10.7. The highest BCUT2D eigenvalue weighted by atomic mass is 28.3. The fourth-order valence-electron chi connectivity index (χ4n) is 2.20. The molecule has 1 unspecified atom stereocenters. The van der Waals surface area contributed by atoms with Crippen molar-refractivity contribution in [3.63, 3.8) is 0 Å². The van der Waals surface area contributed by atoms with Crippen molar-refractivity contribution in [3.05, 3.63) is 35.9 Å². The smallest absolute Gasteiger partial charge is 0.122 e. The molecule has 0 saturated heterocycles. The fraction of sp³-hybridized carbons (Fsp3) is 0.600. The van der Waals surface area contributed by atoms with E-state index >= 15 is 0 Å². The largest absolute Gasteiger partial charge is 0.367 e. The lowest BCUT2D eigenvalue weighted by molar-refractivity contribution is -0.000967. The van der Waals surface area contributed by atoms with Gasteiger partial charge in [0.2, 0.25) is 0 Å². The minimum Gasteiger partial charge on any atom is -0.367 e. The standard InChI is InChI=1S/C15H27NOSi/c1-6-10-15(17-2)16(18(3,4)5)13-14-11-8-7-9-12-14/h7-9,11-12,15H,6,10,13H2,1-5H3. The molecular weight excluding hydrogens is 238 g/mol. The lowest BCUT2D eigenvalue weighted by Crippen LogP contribution is -2.52. The van der Waals surface area contributed by atoms with Crippen LogP contribution in [-0.2, 0) is 11.3 Å². The number of nitrogens with zero attached hydrogens (tertiary/aromatic N) is 1. The first kappa shape index (κ1) is 15.4. The summed E-state index contributed by atoms with van der Waals surface area (Å²) in [4.78, 5) is 0. The molecule has 1 aromatic rings. The Kier molecular flexibility index (Phi) is 6.06. The van der Waals surface area contributed by atoms with Crippen LogP contribution in [-0.4, -0.2) is 26.1 Å². The maximum Gasteiger partial charge on any atom is 0.122 e. The van der Waals surface area contributed by atoms with Gasteiger partial charge in [-0.3, -0.25) is 4.57 Å². The summed E-state index contributed by atoms with van der Waals surface area (Å²) in [7, 11) is 0.449. The van der Waals surface area contributed by atoms with E-state index in [0.29, 0.717) is 0 Å². The molecular formula is C15H27NOSi. The topological polar surface area (TPSA) is 12.5 Å². The molecule has 0 radical (unpaired) electrons. The van der Waals surface area contributed by atoms with Gasteiger partial charge >= 0.3 is 0 Å². The van der Waals surface area contributed by atoms with Crippen LogP contribution < -0.4 is 0 Å². The summed E-state index contributed by atoms with van der Waals surface area (Å²) in [6.45, 7) is 10.4. The van der Waals surface area contributed by atoms with E-state index in [1.807, 2.05) is 7.11 Å². The van der Waals surface area contributed by atoms with Crippen LogP contribution in [0.5, 0.6) is 0 Å². The minimum atomic E-state index is -1.38. The highest BCUT2D eigenvalue weighted by Gasteiger charge is 2.30. The molecule has 0 fully saturated rings. The summed E-state index contributed by atoms with van der Waals surface area (Å²) in [5.74, 6) is 0. The summed E-state index contributed by atoms with van der Waals surface area (Å²) in [5, 5.41) is 0. The zero-order valence-electron chi connectivity index (χ0n) is 12.4. The van der Waals surface area contributed by atoms with Gasteiger partial charge in [0, 0.05) is 13.7 Å². The predicted octanol–water partition coefficient (Wildman–Crippen LogP) is 4.10. The molecule has 0 N–H and O–H groups in total. The van der Waals surface area contributed by atoms with E-state index in [4.69, 9.17) is 4.74 Å². The molecule has 102 valence electrons. The third-order valence-corrected chi connectivity index (χ3v) is 5.38. The molecule has 0 amide bonds. The van der Waals surface area contributed by atoms with Gasteiger partial charge in [-0.15, -0.1) is 0 Å². The monoisotopic (exact) mass is 265 g/mol. The molecule has 1 aromatic carbocycles. The molecule has 0 saturated carbocycles. The van der Waals surface area contributed by atoms with Crippen LogP contribution in [0.4, 0.5) is 0 Å². The van der Waals surface area contributed by atoms with Crippen molar-refractivity contribution in [3.8, 4) is 0 Å². The highest BCUT2D eigenvalue weighted by Crippen LogP contribution is 2.21. The Morgan fingerprint density at radius 3 is 2.22 bits per heavy atom. The van der Waals surface area contributed by atoms with Crippen molar-refractivity contribution in [2.75, 3.05) is 7.11 Å². The van der Waals surface area contributed by atoms with E-state index in [9.17, 15) is 0 Å². The van der Waals surface area contributed by atoms with Gasteiger partial charge in [0.25, 0.3) is 0 Å². The Balaban J connectivity index is 2.85. The maximum absolute atomic E-state index is 5.71. The Morgan fingerprint density at radius 1 is 1.17 bits per heavy atom. The zero-order valence-corrected chi connectivity index (χ0v) is 13.4. The number of hydrogen-bond acceptors (Lipinski definition) is 2. The lowest BCUT2D eigenvalue weighted by Gasteiger charge is -2.40. The van der Waals surface area contributed by atoms with Crippen molar-refractivity contribution in [1.82, 2.24) is 4.57 Å². The first-order valence-electron chi connectivity index (χ1n) is 6.82. The Hall–Kier alpha value is -0.643. The van der Waals surface area contributed by atoms with Crippen molar-refractivity contribution >= 4 is 8.24 Å². The average molecular weight is 265 g/mol. The van der Waals surface area contributed by atoms with Gasteiger partial charge < -0.3 is 4.74 Å². The van der Waals surface area contributed by atoms with Gasteiger partial charge in [0.05, 0.1) is 0 Å². The van der Waals surface area contributed by atoms with E-state index in [2.05, 4.69) is 61.5 Å². The van der Waals surface area contributed by atoms with E-state index in [-0.39, 0.29) is 6.23 Å². The molecule has 0 aliphatic rings. The van der Waals surface area contributed by atoms with Gasteiger partial charge in [0.1, 0.15) is 14.5 Å². The number of ether oxygens (including phenoxy) is 1. The van der Waals surface area contributed by atoms with Gasteiger partial charge in [0.15, 0.2) is 0 Å². The van der Waals surface area contributed by atoms with Crippen molar-refractivity contribution < 1.29 is 4.74 Å². The first-order valence-corrected chi connectivity index (χ1v) is 10.3. The molecule has 0 bridgehead atoms. The van der Waals surface area contributed by atoms with E-state index < -0.39 is 8.24 Å². The molecule has 0 aliphatic heterocycles. The molecule has 1 rings (SSSR count). The number of benzene rings is 1. The molecule has 3 heteroatoms. The van der Waals surface area contributed by atoms with Crippen LogP contribution in [0, 0.1) is 0 Å². The molecule has 0 aliphatic carbocycles. The van der Waals surface area contributed by atoms with Crippen molar-refractivity contribution in [2.45, 2.75) is 52.2 Å². The zero-order chi connectivity index (χ0) is 13.6. The number of methoxy groups -OCH3 is 1. The molecule has 0 aromatic heterocycles. The average Bonchev–Trinajstić information content (AvgIpc) is 2.33. The lowest BCUT2D eigenvalue weighted by atomic mass is 10.2. The van der Waals surface area contributed by atoms with Crippen LogP contribution in [0.15, 0.2) is 30.3 Å². The highest BCUT2D eigenvalue weighted by molar-refractivity contribution is 6.73. The predicted molar refractivity (Wildman–Crippen MR) is 81.0 cm³/mol. The van der Waals surface area contributed by atoms with E-state index in [1.54, 1.807) is 0 Å². The molecule has 0 heterocycles. The second-order valence-corrected chi connectivity index (χ2v) is 10.7. The SMILES string of the molecule is CCCC(OC)N(Cc1ccccc1)[Si](C)(C)C. The van der Waals surface area contributed by atoms with Crippen LogP contribution in [0.25, 0.3) is 0 Å². The van der Waals surface area contributed by atoms with E-state index in [0.717, 1.165) is 19.4 Å². The van der Waals surface area contributed by atoms with Gasteiger partial charge in [-0.05, 0) is 12.0 Å². The normalized spacial score (nSPS) is 13.9. The summed E-state index contributed by atoms with van der Waals surface area (Å²) >= 11 is 0. The van der Waals surface area contributed by atoms with Crippen molar-refractivity contribution in [1.29, 1.82) is 0 Å². The van der Waals surface area contributed by atoms with Crippen LogP contribution in [0.2, 0.25) is 19.6 Å². The van der Waals surface area contributed by atoms with Crippen molar-refractivity contribution in [2.24, 2.45) is 0 Å². The first-order chi connectivity index (χ1) is 8.49. The second kappa shape index (κ2) is 7.07. The summed E-state index contributed by atoms with van der Waals surface area (Å²) in [6.07, 6.45) is 2.52. The van der Waals surface area contributed by atoms with E-state index in [1.165, 1.54) is 5.56 Å². The molecule has 1 atom stereocenters. The second-order valence-electron chi connectivity index (χ2n) is 5.76. The van der Waals surface area contributed by atoms with Gasteiger partial charge in [-0.1, -0.05) is 63.3 Å². The Labute approximate surface area is 113 Å². The Morgan fingerprint density at radius 2 is 1.78 bits per heavy atom. The molecule has 0 spiro atoms. The summed E-state index contributed by atoms with van der Waals surface area (Å²) < 4.78 is 8.29. The third-order valence-electron chi connectivity index (χ3n) is 3.21. The maximum atomic E-state index is 5.71.